The first-order valence-corrected chi connectivity index (χ1v) is 6.67. The maximum absolute atomic E-state index is 13.4. The van der Waals surface area contributed by atoms with Crippen molar-refractivity contribution in [1.82, 2.24) is 0 Å². The van der Waals surface area contributed by atoms with Gasteiger partial charge in [0.1, 0.15) is 18.2 Å². The molecule has 2 aromatic carbocycles. The number of nitrogen functional groups attached to an aromatic ring is 1. The predicted octanol–water partition coefficient (Wildman–Crippen LogP) is 3.93. The Labute approximate surface area is 124 Å². The van der Waals surface area contributed by atoms with E-state index in [-0.39, 0.29) is 6.61 Å². The summed E-state index contributed by atoms with van der Waals surface area (Å²) in [5.74, 6) is -0.125. The Bertz CT molecular complexity index is 695. The van der Waals surface area contributed by atoms with E-state index in [2.05, 4.69) is 22.0 Å². The highest BCUT2D eigenvalue weighted by molar-refractivity contribution is 9.10. The molecular formula is C15H12BrFN2O. The lowest BCUT2D eigenvalue weighted by atomic mass is 10.1. The van der Waals surface area contributed by atoms with E-state index in [0.29, 0.717) is 21.5 Å². The molecule has 0 saturated carbocycles. The normalized spacial score (nSPS) is 10.1. The molecule has 2 N–H and O–H groups in total. The third kappa shape index (κ3) is 3.09. The van der Waals surface area contributed by atoms with Gasteiger partial charge in [-0.05, 0) is 52.2 Å². The number of aryl methyl sites for hydroxylation is 1. The second kappa shape index (κ2) is 5.93. The van der Waals surface area contributed by atoms with Gasteiger partial charge in [-0.15, -0.1) is 0 Å². The number of ether oxygens (including phenoxy) is 1. The summed E-state index contributed by atoms with van der Waals surface area (Å²) < 4.78 is 19.3. The maximum Gasteiger partial charge on any atom is 0.145 e. The number of rotatable bonds is 3. The van der Waals surface area contributed by atoms with E-state index in [1.807, 2.05) is 13.0 Å². The second-order valence-corrected chi connectivity index (χ2v) is 5.20. The lowest BCUT2D eigenvalue weighted by Gasteiger charge is -2.11. The number of nitriles is 1. The van der Waals surface area contributed by atoms with Crippen LogP contribution in [0.4, 0.5) is 10.1 Å². The van der Waals surface area contributed by atoms with Gasteiger partial charge in [-0.1, -0.05) is 6.07 Å². The third-order valence-corrected chi connectivity index (χ3v) is 3.52. The highest BCUT2D eigenvalue weighted by atomic mass is 79.9. The van der Waals surface area contributed by atoms with Crippen LogP contribution in [-0.4, -0.2) is 0 Å². The van der Waals surface area contributed by atoms with Gasteiger partial charge in [-0.2, -0.15) is 5.26 Å². The SMILES string of the molecule is Cc1cc(C#N)ccc1COc1cc(F)c(Br)cc1N. The van der Waals surface area contributed by atoms with Gasteiger partial charge in [0.15, 0.2) is 0 Å². The number of anilines is 1. The summed E-state index contributed by atoms with van der Waals surface area (Å²) in [5.41, 5.74) is 8.60. The van der Waals surface area contributed by atoms with Crippen LogP contribution in [0.25, 0.3) is 0 Å². The summed E-state index contributed by atoms with van der Waals surface area (Å²) in [7, 11) is 0. The van der Waals surface area contributed by atoms with E-state index >= 15 is 0 Å². The lowest BCUT2D eigenvalue weighted by Crippen LogP contribution is -2.01. The molecular weight excluding hydrogens is 323 g/mol. The average Bonchev–Trinajstić information content (AvgIpc) is 2.42. The topological polar surface area (TPSA) is 59.0 Å². The van der Waals surface area contributed by atoms with Crippen molar-refractivity contribution in [3.63, 3.8) is 0 Å². The number of hydrogen-bond acceptors (Lipinski definition) is 3. The molecule has 102 valence electrons. The van der Waals surface area contributed by atoms with Crippen molar-refractivity contribution in [3.05, 3.63) is 57.3 Å². The number of hydrogen-bond donors (Lipinski definition) is 1. The predicted molar refractivity (Wildman–Crippen MR) is 78.7 cm³/mol. The first-order chi connectivity index (χ1) is 9.51. The van der Waals surface area contributed by atoms with Gasteiger partial charge in [-0.25, -0.2) is 4.39 Å². The van der Waals surface area contributed by atoms with E-state index < -0.39 is 5.82 Å². The minimum atomic E-state index is -0.425. The highest BCUT2D eigenvalue weighted by Crippen LogP contribution is 2.29. The van der Waals surface area contributed by atoms with Crippen molar-refractivity contribution < 1.29 is 9.13 Å². The van der Waals surface area contributed by atoms with Crippen LogP contribution in [0.15, 0.2) is 34.8 Å². The Morgan fingerprint density at radius 3 is 2.75 bits per heavy atom. The Kier molecular flexibility index (Phi) is 4.26. The van der Waals surface area contributed by atoms with Crippen LogP contribution < -0.4 is 10.5 Å². The Morgan fingerprint density at radius 1 is 1.35 bits per heavy atom. The summed E-state index contributed by atoms with van der Waals surface area (Å²) in [4.78, 5) is 0. The molecule has 0 aliphatic rings. The average molecular weight is 335 g/mol. The van der Waals surface area contributed by atoms with E-state index in [9.17, 15) is 4.39 Å². The Balaban J connectivity index is 2.17. The van der Waals surface area contributed by atoms with Crippen molar-refractivity contribution in [3.8, 4) is 11.8 Å². The third-order valence-electron chi connectivity index (χ3n) is 2.91. The smallest absolute Gasteiger partial charge is 0.145 e. The molecule has 20 heavy (non-hydrogen) atoms. The van der Waals surface area contributed by atoms with Gasteiger partial charge >= 0.3 is 0 Å². The number of nitrogens with two attached hydrogens (primary N) is 1. The number of halogens is 2. The molecule has 0 bridgehead atoms. The van der Waals surface area contributed by atoms with E-state index in [4.69, 9.17) is 15.7 Å². The minimum Gasteiger partial charge on any atom is -0.487 e. The van der Waals surface area contributed by atoms with Crippen LogP contribution in [0.2, 0.25) is 0 Å². The molecule has 0 heterocycles. The fraction of sp³-hybridized carbons (Fsp3) is 0.133. The van der Waals surface area contributed by atoms with Gasteiger partial charge in [0.25, 0.3) is 0 Å². The second-order valence-electron chi connectivity index (χ2n) is 4.35. The standard InChI is InChI=1S/C15H12BrFN2O/c1-9-4-10(7-18)2-3-11(9)8-20-15-6-13(17)12(16)5-14(15)19/h2-6H,8,19H2,1H3. The molecule has 0 amide bonds. The van der Waals surface area contributed by atoms with E-state index in [1.165, 1.54) is 12.1 Å². The van der Waals surface area contributed by atoms with Gasteiger partial charge in [0.05, 0.1) is 21.8 Å². The fourth-order valence-electron chi connectivity index (χ4n) is 1.75. The summed E-state index contributed by atoms with van der Waals surface area (Å²) in [6.07, 6.45) is 0. The van der Waals surface area contributed by atoms with Crippen molar-refractivity contribution >= 4 is 21.6 Å². The molecule has 3 nitrogen and oxygen atoms in total. The summed E-state index contributed by atoms with van der Waals surface area (Å²) in [6, 6.07) is 10.1. The molecule has 0 aromatic heterocycles. The van der Waals surface area contributed by atoms with E-state index in [1.54, 1.807) is 12.1 Å². The van der Waals surface area contributed by atoms with E-state index in [0.717, 1.165) is 11.1 Å². The Hall–Kier alpha value is -2.06. The van der Waals surface area contributed by atoms with Crippen molar-refractivity contribution in [2.45, 2.75) is 13.5 Å². The molecule has 0 aliphatic carbocycles. The van der Waals surface area contributed by atoms with Gasteiger partial charge in [0.2, 0.25) is 0 Å². The molecule has 0 unspecified atom stereocenters. The fourth-order valence-corrected chi connectivity index (χ4v) is 2.11. The largest absolute Gasteiger partial charge is 0.487 e. The molecule has 0 aliphatic heterocycles. The molecule has 2 rings (SSSR count). The molecule has 0 radical (unpaired) electrons. The zero-order chi connectivity index (χ0) is 14.7. The molecule has 0 fully saturated rings. The van der Waals surface area contributed by atoms with Gasteiger partial charge in [-0.3, -0.25) is 0 Å². The highest BCUT2D eigenvalue weighted by Gasteiger charge is 2.08. The number of nitrogens with zero attached hydrogens (tertiary/aromatic N) is 1. The van der Waals surface area contributed by atoms with Crippen molar-refractivity contribution in [1.29, 1.82) is 5.26 Å². The van der Waals surface area contributed by atoms with Crippen molar-refractivity contribution in [2.24, 2.45) is 0 Å². The van der Waals surface area contributed by atoms with Crippen molar-refractivity contribution in [2.75, 3.05) is 5.73 Å². The molecule has 0 saturated heterocycles. The monoisotopic (exact) mass is 334 g/mol. The molecule has 0 atom stereocenters. The summed E-state index contributed by atoms with van der Waals surface area (Å²) in [6.45, 7) is 2.16. The maximum atomic E-state index is 13.4. The molecule has 0 spiro atoms. The van der Waals surface area contributed by atoms with Crippen LogP contribution in [-0.2, 0) is 6.61 Å². The molecule has 2 aromatic rings. The van der Waals surface area contributed by atoms with Crippen LogP contribution in [0, 0.1) is 24.1 Å². The Morgan fingerprint density at radius 2 is 2.10 bits per heavy atom. The van der Waals surface area contributed by atoms with Gasteiger partial charge < -0.3 is 10.5 Å². The first-order valence-electron chi connectivity index (χ1n) is 5.88. The summed E-state index contributed by atoms with van der Waals surface area (Å²) >= 11 is 3.06. The minimum absolute atomic E-state index is 0.267. The van der Waals surface area contributed by atoms with Crippen LogP contribution in [0.1, 0.15) is 16.7 Å². The lowest BCUT2D eigenvalue weighted by molar-refractivity contribution is 0.305. The quantitative estimate of drug-likeness (QED) is 0.865. The zero-order valence-corrected chi connectivity index (χ0v) is 12.4. The van der Waals surface area contributed by atoms with Crippen LogP contribution in [0.5, 0.6) is 5.75 Å². The van der Waals surface area contributed by atoms with Crippen LogP contribution in [0.3, 0.4) is 0 Å². The summed E-state index contributed by atoms with van der Waals surface area (Å²) in [5, 5.41) is 8.81. The first kappa shape index (κ1) is 14.4. The van der Waals surface area contributed by atoms with Crippen LogP contribution >= 0.6 is 15.9 Å². The molecule has 5 heteroatoms. The number of benzene rings is 2. The van der Waals surface area contributed by atoms with Gasteiger partial charge in [0, 0.05) is 6.07 Å². The zero-order valence-electron chi connectivity index (χ0n) is 10.8.